The summed E-state index contributed by atoms with van der Waals surface area (Å²) in [5.41, 5.74) is 12.2. The second kappa shape index (κ2) is 9.09. The van der Waals surface area contributed by atoms with Gasteiger partial charge >= 0.3 is 0 Å². The monoisotopic (exact) mass is 420 g/mol. The van der Waals surface area contributed by atoms with Gasteiger partial charge < -0.3 is 11.1 Å². The minimum Gasteiger partial charge on any atom is -0.366 e. The molecule has 0 fully saturated rings. The van der Waals surface area contributed by atoms with Crippen molar-refractivity contribution in [1.82, 2.24) is 9.97 Å². The van der Waals surface area contributed by atoms with Crippen LogP contribution in [0.1, 0.15) is 32.7 Å². The predicted octanol–water partition coefficient (Wildman–Crippen LogP) is 4.21. The Balaban J connectivity index is 1.77. The normalized spacial score (nSPS) is 10.7. The number of hydrogen-bond acceptors (Lipinski definition) is 5. The summed E-state index contributed by atoms with van der Waals surface area (Å²) in [6.07, 6.45) is 3.47. The number of primary amides is 1. The molecule has 6 nitrogen and oxygen atoms in total. The molecule has 3 aromatic rings. The number of aryl methyl sites for hydroxylation is 2. The molecule has 3 rings (SSSR count). The van der Waals surface area contributed by atoms with E-state index in [0.717, 1.165) is 39.2 Å². The summed E-state index contributed by atoms with van der Waals surface area (Å²) in [4.78, 5) is 33.1. The number of amides is 2. The maximum Gasteiger partial charge on any atom is 0.251 e. The molecule has 7 heteroatoms. The van der Waals surface area contributed by atoms with Gasteiger partial charge in [0, 0.05) is 23.8 Å². The standard InChI is InChI=1S/C23H24N4O2S/c1-13-5-6-18(17-7-9-25-10-8-17)11-19(13)27-20(28)12-30-23-21(22(24)29)15(3)14(2)16(4)26-23/h5-11H,12H2,1-4H3,(H2,24,29)(H,27,28). The molecule has 2 aromatic heterocycles. The van der Waals surface area contributed by atoms with Crippen molar-refractivity contribution in [3.63, 3.8) is 0 Å². The van der Waals surface area contributed by atoms with E-state index in [2.05, 4.69) is 15.3 Å². The van der Waals surface area contributed by atoms with E-state index in [9.17, 15) is 9.59 Å². The van der Waals surface area contributed by atoms with Gasteiger partial charge in [-0.05, 0) is 73.7 Å². The van der Waals surface area contributed by atoms with Gasteiger partial charge in [0.2, 0.25) is 5.91 Å². The third-order valence-corrected chi connectivity index (χ3v) is 6.05. The van der Waals surface area contributed by atoms with E-state index < -0.39 is 5.91 Å². The molecule has 0 unspecified atom stereocenters. The lowest BCUT2D eigenvalue weighted by Gasteiger charge is -2.14. The first-order chi connectivity index (χ1) is 14.3. The number of nitrogens with zero attached hydrogens (tertiary/aromatic N) is 2. The van der Waals surface area contributed by atoms with Crippen molar-refractivity contribution in [3.8, 4) is 11.1 Å². The zero-order valence-electron chi connectivity index (χ0n) is 17.4. The third kappa shape index (κ3) is 4.68. The molecule has 3 N–H and O–H groups in total. The Hall–Kier alpha value is -3.19. The summed E-state index contributed by atoms with van der Waals surface area (Å²) in [6.45, 7) is 7.58. The number of anilines is 1. The number of aromatic nitrogens is 2. The number of carbonyl (C=O) groups is 2. The van der Waals surface area contributed by atoms with Crippen LogP contribution in [0.25, 0.3) is 11.1 Å². The van der Waals surface area contributed by atoms with E-state index in [1.165, 1.54) is 11.8 Å². The molecule has 154 valence electrons. The highest BCUT2D eigenvalue weighted by Crippen LogP contribution is 2.28. The van der Waals surface area contributed by atoms with E-state index in [1.54, 1.807) is 12.4 Å². The molecule has 0 radical (unpaired) electrons. The topological polar surface area (TPSA) is 98.0 Å². The summed E-state index contributed by atoms with van der Waals surface area (Å²) < 4.78 is 0. The molecular formula is C23H24N4O2S. The number of nitrogens with two attached hydrogens (primary N) is 1. The lowest BCUT2D eigenvalue weighted by molar-refractivity contribution is -0.113. The highest BCUT2D eigenvalue weighted by Gasteiger charge is 2.18. The fraction of sp³-hybridized carbons (Fsp3) is 0.217. The highest BCUT2D eigenvalue weighted by molar-refractivity contribution is 8.00. The fourth-order valence-corrected chi connectivity index (χ4v) is 4.05. The Kier molecular flexibility index (Phi) is 6.52. The van der Waals surface area contributed by atoms with Gasteiger partial charge in [0.1, 0.15) is 5.03 Å². The number of thioether (sulfide) groups is 1. The van der Waals surface area contributed by atoms with Crippen molar-refractivity contribution in [2.24, 2.45) is 5.73 Å². The largest absolute Gasteiger partial charge is 0.366 e. The minimum absolute atomic E-state index is 0.119. The summed E-state index contributed by atoms with van der Waals surface area (Å²) in [5, 5.41) is 3.45. The predicted molar refractivity (Wildman–Crippen MR) is 121 cm³/mol. The quantitative estimate of drug-likeness (QED) is 0.582. The van der Waals surface area contributed by atoms with Gasteiger partial charge in [-0.3, -0.25) is 14.6 Å². The Morgan fingerprint density at radius 3 is 2.37 bits per heavy atom. The van der Waals surface area contributed by atoms with Crippen LogP contribution in [-0.4, -0.2) is 27.5 Å². The van der Waals surface area contributed by atoms with E-state index in [1.807, 2.05) is 58.0 Å². The molecule has 0 aliphatic heterocycles. The van der Waals surface area contributed by atoms with E-state index in [0.29, 0.717) is 10.6 Å². The molecule has 0 saturated heterocycles. The molecular weight excluding hydrogens is 396 g/mol. The van der Waals surface area contributed by atoms with E-state index >= 15 is 0 Å². The van der Waals surface area contributed by atoms with Crippen molar-refractivity contribution in [2.45, 2.75) is 32.7 Å². The summed E-state index contributed by atoms with van der Waals surface area (Å²) in [6, 6.07) is 9.77. The van der Waals surface area contributed by atoms with Gasteiger partial charge in [0.15, 0.2) is 0 Å². The molecule has 0 aliphatic rings. The lowest BCUT2D eigenvalue weighted by Crippen LogP contribution is -2.19. The van der Waals surface area contributed by atoms with Gasteiger partial charge in [0.25, 0.3) is 5.91 Å². The summed E-state index contributed by atoms with van der Waals surface area (Å²) >= 11 is 1.21. The molecule has 1 aromatic carbocycles. The highest BCUT2D eigenvalue weighted by atomic mass is 32.2. The van der Waals surface area contributed by atoms with Gasteiger partial charge in [-0.2, -0.15) is 0 Å². The number of nitrogens with one attached hydrogen (secondary N) is 1. The van der Waals surface area contributed by atoms with Crippen LogP contribution in [0.15, 0.2) is 47.8 Å². The van der Waals surface area contributed by atoms with Crippen molar-refractivity contribution < 1.29 is 9.59 Å². The second-order valence-electron chi connectivity index (χ2n) is 7.09. The molecule has 0 atom stereocenters. The molecule has 0 saturated carbocycles. The van der Waals surface area contributed by atoms with Gasteiger partial charge in [-0.15, -0.1) is 0 Å². The Labute approximate surface area is 180 Å². The number of benzene rings is 1. The zero-order chi connectivity index (χ0) is 21.8. The zero-order valence-corrected chi connectivity index (χ0v) is 18.3. The molecule has 2 heterocycles. The van der Waals surface area contributed by atoms with Gasteiger partial charge in [-0.1, -0.05) is 23.9 Å². The average molecular weight is 421 g/mol. The van der Waals surface area contributed by atoms with Crippen LogP contribution in [0.2, 0.25) is 0 Å². The second-order valence-corrected chi connectivity index (χ2v) is 8.06. The van der Waals surface area contributed by atoms with Gasteiger partial charge in [-0.25, -0.2) is 4.98 Å². The fourth-order valence-electron chi connectivity index (χ4n) is 3.11. The van der Waals surface area contributed by atoms with Gasteiger partial charge in [0.05, 0.1) is 11.3 Å². The Bertz CT molecular complexity index is 1110. The van der Waals surface area contributed by atoms with Crippen LogP contribution < -0.4 is 11.1 Å². The van der Waals surface area contributed by atoms with E-state index in [-0.39, 0.29) is 11.7 Å². The Morgan fingerprint density at radius 1 is 1.00 bits per heavy atom. The molecule has 0 spiro atoms. The van der Waals surface area contributed by atoms with Crippen LogP contribution in [0.5, 0.6) is 0 Å². The first-order valence-corrected chi connectivity index (χ1v) is 10.5. The molecule has 0 aliphatic carbocycles. The first kappa shape index (κ1) is 21.5. The van der Waals surface area contributed by atoms with Crippen molar-refractivity contribution >= 4 is 29.3 Å². The lowest BCUT2D eigenvalue weighted by atomic mass is 10.0. The smallest absolute Gasteiger partial charge is 0.251 e. The van der Waals surface area contributed by atoms with Crippen molar-refractivity contribution in [1.29, 1.82) is 0 Å². The maximum absolute atomic E-state index is 12.6. The number of rotatable bonds is 6. The average Bonchev–Trinajstić information content (AvgIpc) is 2.72. The van der Waals surface area contributed by atoms with Crippen LogP contribution in [0, 0.1) is 27.7 Å². The van der Waals surface area contributed by atoms with Crippen LogP contribution in [-0.2, 0) is 4.79 Å². The van der Waals surface area contributed by atoms with Crippen molar-refractivity contribution in [2.75, 3.05) is 11.1 Å². The van der Waals surface area contributed by atoms with Crippen LogP contribution in [0.4, 0.5) is 5.69 Å². The molecule has 30 heavy (non-hydrogen) atoms. The van der Waals surface area contributed by atoms with Crippen LogP contribution in [0.3, 0.4) is 0 Å². The summed E-state index contributed by atoms with van der Waals surface area (Å²) in [5.74, 6) is -0.594. The minimum atomic E-state index is -0.535. The summed E-state index contributed by atoms with van der Waals surface area (Å²) in [7, 11) is 0. The molecule has 2 amide bonds. The third-order valence-electron chi connectivity index (χ3n) is 5.08. The van der Waals surface area contributed by atoms with Crippen LogP contribution >= 0.6 is 11.8 Å². The number of carbonyl (C=O) groups excluding carboxylic acids is 2. The van der Waals surface area contributed by atoms with Crippen molar-refractivity contribution in [3.05, 3.63) is 70.7 Å². The Morgan fingerprint density at radius 2 is 1.70 bits per heavy atom. The molecule has 0 bridgehead atoms. The van der Waals surface area contributed by atoms with E-state index in [4.69, 9.17) is 5.73 Å². The number of pyridine rings is 2. The first-order valence-electron chi connectivity index (χ1n) is 9.49. The number of hydrogen-bond donors (Lipinski definition) is 2. The SMILES string of the molecule is Cc1ccc(-c2ccncc2)cc1NC(=O)CSc1nc(C)c(C)c(C)c1C(N)=O. The maximum atomic E-state index is 12.6.